The average Bonchev–Trinajstić information content (AvgIpc) is 2.29. The molecular weight excluding hydrogens is 402 g/mol. The molecule has 0 saturated heterocycles. The lowest BCUT2D eigenvalue weighted by Gasteiger charge is -2.00. The molecule has 14 heavy (non-hydrogen) atoms. The summed E-state index contributed by atoms with van der Waals surface area (Å²) >= 11 is 4.24. The summed E-state index contributed by atoms with van der Waals surface area (Å²) in [6.45, 7) is 4.28. The van der Waals surface area contributed by atoms with Gasteiger partial charge in [-0.05, 0) is 18.9 Å². The molecule has 0 aliphatic rings. The predicted molar refractivity (Wildman–Crippen MR) is 78.1 cm³/mol. The molecule has 0 atom stereocenters. The van der Waals surface area contributed by atoms with Gasteiger partial charge in [-0.15, -0.1) is 0 Å². The summed E-state index contributed by atoms with van der Waals surface area (Å²) in [6, 6.07) is 2.01. The van der Waals surface area contributed by atoms with Gasteiger partial charge in [0.2, 0.25) is 0 Å². The topological polar surface area (TPSA) is 25.8 Å². The van der Waals surface area contributed by atoms with Crippen molar-refractivity contribution in [3.8, 4) is 0 Å². The van der Waals surface area contributed by atoms with Crippen LogP contribution < -0.4 is 0 Å². The smallest absolute Gasteiger partial charge is 0.128 e. The summed E-state index contributed by atoms with van der Waals surface area (Å²) in [5, 5.41) is 0. The molecule has 0 fully saturated rings. The number of nitrogens with zero attached hydrogens (tertiary/aromatic N) is 2. The van der Waals surface area contributed by atoms with E-state index in [4.69, 9.17) is 0 Å². The van der Waals surface area contributed by atoms with Crippen LogP contribution in [0.4, 0.5) is 0 Å². The van der Waals surface area contributed by atoms with Gasteiger partial charge in [0.15, 0.2) is 0 Å². The Morgan fingerprint density at radius 2 is 2.00 bits per heavy atom. The molecule has 0 saturated carbocycles. The molecule has 0 bridgehead atoms. The van der Waals surface area contributed by atoms with Gasteiger partial charge < -0.3 is 0 Å². The van der Waals surface area contributed by atoms with E-state index in [1.165, 1.54) is 18.5 Å². The first-order valence-electron chi connectivity index (χ1n) is 4.82. The van der Waals surface area contributed by atoms with Crippen molar-refractivity contribution < 1.29 is 0 Å². The molecule has 1 heterocycles. The number of rotatable bonds is 4. The van der Waals surface area contributed by atoms with Gasteiger partial charge >= 0.3 is 0 Å². The largest absolute Gasteiger partial charge is 0.241 e. The number of aromatic nitrogens is 2. The Bertz CT molecular complexity index is 241. The van der Waals surface area contributed by atoms with Crippen molar-refractivity contribution in [2.45, 2.75) is 39.5 Å². The lowest BCUT2D eigenvalue weighted by Crippen LogP contribution is -1.97. The van der Waals surface area contributed by atoms with E-state index >= 15 is 0 Å². The first-order chi connectivity index (χ1) is 6.86. The maximum atomic E-state index is 4.42. The summed E-state index contributed by atoms with van der Waals surface area (Å²) in [5.41, 5.74) is 1.18. The van der Waals surface area contributed by atoms with Crippen molar-refractivity contribution >= 4 is 37.2 Å². The molecule has 2 nitrogen and oxygen atoms in total. The van der Waals surface area contributed by atoms with Crippen molar-refractivity contribution in [1.29, 1.82) is 0 Å². The van der Waals surface area contributed by atoms with Crippen LogP contribution in [0.15, 0.2) is 12.3 Å². The van der Waals surface area contributed by atoms with Crippen molar-refractivity contribution in [3.63, 3.8) is 0 Å². The molecule has 0 aliphatic heterocycles. The van der Waals surface area contributed by atoms with Gasteiger partial charge in [0.25, 0.3) is 0 Å². The van der Waals surface area contributed by atoms with Crippen LogP contribution >= 0.6 is 37.2 Å². The molecule has 1 aromatic rings. The van der Waals surface area contributed by atoms with E-state index in [0.29, 0.717) is 0 Å². The highest BCUT2D eigenvalue weighted by Crippen LogP contribution is 2.01. The van der Waals surface area contributed by atoms with Gasteiger partial charge in [0.1, 0.15) is 5.82 Å². The Balaban J connectivity index is 0.000000791. The van der Waals surface area contributed by atoms with Crippen LogP contribution in [0.3, 0.4) is 0 Å². The van der Waals surface area contributed by atoms with E-state index in [0.717, 1.165) is 18.7 Å². The Hall–Kier alpha value is 0.540. The second-order valence-electron chi connectivity index (χ2n) is 2.92. The standard InChI is InChI=1S/C10H16N2.I2/c1-3-5-6-9-7-8-11-10(4-2)12-9;1-2/h7-8H,3-6H2,1-2H3;. The summed E-state index contributed by atoms with van der Waals surface area (Å²) < 4.78 is 0. The maximum Gasteiger partial charge on any atom is 0.128 e. The third-order valence-electron chi connectivity index (χ3n) is 1.87. The van der Waals surface area contributed by atoms with Gasteiger partial charge in [-0.25, -0.2) is 9.97 Å². The number of aryl methyl sites for hydroxylation is 2. The number of unbranched alkanes of at least 4 members (excludes halogenated alkanes) is 1. The Labute approximate surface area is 110 Å². The minimum Gasteiger partial charge on any atom is -0.241 e. The zero-order chi connectivity index (χ0) is 10.8. The van der Waals surface area contributed by atoms with Gasteiger partial charge in [0, 0.05) is 55.5 Å². The summed E-state index contributed by atoms with van der Waals surface area (Å²) in [7, 11) is 0. The van der Waals surface area contributed by atoms with Crippen LogP contribution in [0.2, 0.25) is 0 Å². The second kappa shape index (κ2) is 10.1. The fraction of sp³-hybridized carbons (Fsp3) is 0.600. The zero-order valence-electron chi connectivity index (χ0n) is 8.63. The van der Waals surface area contributed by atoms with Crippen LogP contribution in [0.25, 0.3) is 0 Å². The third kappa shape index (κ3) is 6.10. The fourth-order valence-electron chi connectivity index (χ4n) is 1.11. The molecule has 4 heteroatoms. The van der Waals surface area contributed by atoms with Gasteiger partial charge in [-0.3, -0.25) is 0 Å². The van der Waals surface area contributed by atoms with E-state index in [2.05, 4.69) is 61.0 Å². The Kier molecular flexibility index (Phi) is 10.5. The van der Waals surface area contributed by atoms with E-state index in [1.807, 2.05) is 12.3 Å². The molecule has 0 aliphatic carbocycles. The van der Waals surface area contributed by atoms with Crippen molar-refractivity contribution in [2.75, 3.05) is 0 Å². The van der Waals surface area contributed by atoms with Crippen LogP contribution in [-0.4, -0.2) is 9.97 Å². The van der Waals surface area contributed by atoms with E-state index in [9.17, 15) is 0 Å². The zero-order valence-corrected chi connectivity index (χ0v) is 12.9. The van der Waals surface area contributed by atoms with E-state index in [1.54, 1.807) is 0 Å². The Morgan fingerprint density at radius 3 is 2.57 bits per heavy atom. The first-order valence-corrected chi connectivity index (χ1v) is 11.1. The third-order valence-corrected chi connectivity index (χ3v) is 1.87. The molecule has 0 radical (unpaired) electrons. The average molecular weight is 418 g/mol. The van der Waals surface area contributed by atoms with Crippen LogP contribution in [0.5, 0.6) is 0 Å². The molecule has 0 amide bonds. The molecular formula is C10H16I2N2. The first kappa shape index (κ1) is 14.5. The minimum absolute atomic E-state index is 0.931. The highest BCUT2D eigenvalue weighted by Gasteiger charge is 1.95. The normalized spacial score (nSPS) is 9.14. The van der Waals surface area contributed by atoms with Crippen LogP contribution in [0.1, 0.15) is 38.2 Å². The maximum absolute atomic E-state index is 4.42. The summed E-state index contributed by atoms with van der Waals surface area (Å²) in [4.78, 5) is 8.57. The highest BCUT2D eigenvalue weighted by atomic mass is 128. The van der Waals surface area contributed by atoms with Crippen LogP contribution in [0, 0.1) is 0 Å². The molecule has 1 aromatic heterocycles. The van der Waals surface area contributed by atoms with Gasteiger partial charge in [0.05, 0.1) is 0 Å². The number of halogens is 2. The molecule has 1 rings (SSSR count). The molecule has 0 aromatic carbocycles. The molecule has 80 valence electrons. The predicted octanol–water partition coefficient (Wildman–Crippen LogP) is 4.15. The second-order valence-corrected chi connectivity index (χ2v) is 2.92. The fourth-order valence-corrected chi connectivity index (χ4v) is 1.11. The molecule has 0 N–H and O–H groups in total. The summed E-state index contributed by atoms with van der Waals surface area (Å²) in [6.07, 6.45) is 6.33. The Morgan fingerprint density at radius 1 is 1.29 bits per heavy atom. The summed E-state index contributed by atoms with van der Waals surface area (Å²) in [5.74, 6) is 0.962. The van der Waals surface area contributed by atoms with Gasteiger partial charge in [-0.1, -0.05) is 20.3 Å². The highest BCUT2D eigenvalue weighted by molar-refractivity contribution is 15.0. The number of hydrogen-bond acceptors (Lipinski definition) is 2. The van der Waals surface area contributed by atoms with E-state index < -0.39 is 0 Å². The lowest BCUT2D eigenvalue weighted by atomic mass is 10.2. The van der Waals surface area contributed by atoms with Crippen LogP contribution in [-0.2, 0) is 12.8 Å². The monoisotopic (exact) mass is 418 g/mol. The lowest BCUT2D eigenvalue weighted by molar-refractivity contribution is 0.761. The van der Waals surface area contributed by atoms with E-state index in [-0.39, 0.29) is 0 Å². The SMILES string of the molecule is CCCCc1ccnc(CC)n1.II. The van der Waals surface area contributed by atoms with Crippen molar-refractivity contribution in [1.82, 2.24) is 9.97 Å². The molecule has 0 spiro atoms. The number of hydrogen-bond donors (Lipinski definition) is 0. The quantitative estimate of drug-likeness (QED) is 0.687. The minimum atomic E-state index is 0.931. The van der Waals surface area contributed by atoms with Crippen molar-refractivity contribution in [3.05, 3.63) is 23.8 Å². The van der Waals surface area contributed by atoms with Gasteiger partial charge in [-0.2, -0.15) is 0 Å². The molecule has 0 unspecified atom stereocenters. The van der Waals surface area contributed by atoms with Crippen molar-refractivity contribution in [2.24, 2.45) is 0 Å².